The van der Waals surface area contributed by atoms with E-state index >= 15 is 0 Å². The number of ether oxygens (including phenoxy) is 1. The number of nitrogen functional groups attached to an aromatic ring is 1. The number of carbonyl (C=O) groups is 1. The highest BCUT2D eigenvalue weighted by Crippen LogP contribution is 2.15. The lowest BCUT2D eigenvalue weighted by Gasteiger charge is -2.03. The average Bonchev–Trinajstić information content (AvgIpc) is 2.73. The fourth-order valence-corrected chi connectivity index (χ4v) is 1.97. The van der Waals surface area contributed by atoms with Crippen LogP contribution in [-0.4, -0.2) is 22.4 Å². The van der Waals surface area contributed by atoms with Crippen LogP contribution in [0.2, 0.25) is 5.02 Å². The van der Waals surface area contributed by atoms with Crippen LogP contribution in [0.4, 0.5) is 5.82 Å². The SMILES string of the molecule is CCOC(=O)Cn1nc(Cc2ccc(Cl)cc2)cc1N. The van der Waals surface area contributed by atoms with Gasteiger partial charge in [0.2, 0.25) is 0 Å². The number of hydrogen-bond acceptors (Lipinski definition) is 4. The van der Waals surface area contributed by atoms with Crippen LogP contribution in [0.5, 0.6) is 0 Å². The highest BCUT2D eigenvalue weighted by Gasteiger charge is 2.10. The van der Waals surface area contributed by atoms with Crippen LogP contribution in [0.15, 0.2) is 30.3 Å². The predicted molar refractivity (Wildman–Crippen MR) is 77.5 cm³/mol. The third-order valence-corrected chi connectivity index (χ3v) is 3.00. The van der Waals surface area contributed by atoms with E-state index in [2.05, 4.69) is 5.10 Å². The summed E-state index contributed by atoms with van der Waals surface area (Å²) >= 11 is 5.84. The molecule has 0 bridgehead atoms. The van der Waals surface area contributed by atoms with Gasteiger partial charge in [-0.1, -0.05) is 23.7 Å². The third kappa shape index (κ3) is 3.74. The van der Waals surface area contributed by atoms with Crippen molar-refractivity contribution in [2.75, 3.05) is 12.3 Å². The van der Waals surface area contributed by atoms with Crippen LogP contribution < -0.4 is 5.73 Å². The summed E-state index contributed by atoms with van der Waals surface area (Å²) < 4.78 is 6.32. The van der Waals surface area contributed by atoms with Crippen molar-refractivity contribution in [3.05, 3.63) is 46.6 Å². The first-order chi connectivity index (χ1) is 9.58. The molecule has 0 saturated heterocycles. The number of aromatic nitrogens is 2. The van der Waals surface area contributed by atoms with Crippen LogP contribution >= 0.6 is 11.6 Å². The van der Waals surface area contributed by atoms with Crippen LogP contribution in [0.3, 0.4) is 0 Å². The maximum absolute atomic E-state index is 11.4. The van der Waals surface area contributed by atoms with Gasteiger partial charge in [-0.25, -0.2) is 4.68 Å². The zero-order valence-corrected chi connectivity index (χ0v) is 11.9. The van der Waals surface area contributed by atoms with Gasteiger partial charge in [0.1, 0.15) is 12.4 Å². The molecule has 0 aliphatic heterocycles. The first-order valence-corrected chi connectivity index (χ1v) is 6.68. The summed E-state index contributed by atoms with van der Waals surface area (Å²) in [5.74, 6) is 0.0994. The minimum absolute atomic E-state index is 0.0281. The minimum atomic E-state index is -0.347. The molecule has 106 valence electrons. The fourth-order valence-electron chi connectivity index (χ4n) is 1.84. The molecule has 2 N–H and O–H groups in total. The van der Waals surface area contributed by atoms with Gasteiger partial charge in [-0.3, -0.25) is 4.79 Å². The standard InChI is InChI=1S/C14H16ClN3O2/c1-2-20-14(19)9-18-13(16)8-12(17-18)7-10-3-5-11(15)6-4-10/h3-6,8H,2,7,9,16H2,1H3. The predicted octanol–water partition coefficient (Wildman–Crippen LogP) is 2.27. The van der Waals surface area contributed by atoms with Gasteiger partial charge in [0.25, 0.3) is 0 Å². The maximum atomic E-state index is 11.4. The van der Waals surface area contributed by atoms with Gasteiger partial charge >= 0.3 is 5.97 Å². The number of rotatable bonds is 5. The molecule has 0 saturated carbocycles. The lowest BCUT2D eigenvalue weighted by atomic mass is 10.1. The van der Waals surface area contributed by atoms with E-state index in [0.717, 1.165) is 11.3 Å². The van der Waals surface area contributed by atoms with E-state index in [0.29, 0.717) is 23.9 Å². The van der Waals surface area contributed by atoms with Crippen molar-refractivity contribution in [3.63, 3.8) is 0 Å². The molecule has 0 spiro atoms. The normalized spacial score (nSPS) is 10.5. The lowest BCUT2D eigenvalue weighted by molar-refractivity contribution is -0.144. The second-order valence-electron chi connectivity index (χ2n) is 4.33. The summed E-state index contributed by atoms with van der Waals surface area (Å²) in [5.41, 5.74) is 7.71. The van der Waals surface area contributed by atoms with Gasteiger partial charge in [0.05, 0.1) is 12.3 Å². The lowest BCUT2D eigenvalue weighted by Crippen LogP contribution is -2.16. The van der Waals surface area contributed by atoms with Crippen molar-refractivity contribution in [1.82, 2.24) is 9.78 Å². The Morgan fingerprint density at radius 2 is 2.10 bits per heavy atom. The van der Waals surface area contributed by atoms with E-state index in [9.17, 15) is 4.79 Å². The van der Waals surface area contributed by atoms with E-state index in [1.807, 2.05) is 24.3 Å². The quantitative estimate of drug-likeness (QED) is 0.859. The van der Waals surface area contributed by atoms with Crippen LogP contribution in [0.25, 0.3) is 0 Å². The Hall–Kier alpha value is -2.01. The fraction of sp³-hybridized carbons (Fsp3) is 0.286. The van der Waals surface area contributed by atoms with E-state index in [-0.39, 0.29) is 12.5 Å². The number of hydrogen-bond donors (Lipinski definition) is 1. The second kappa shape index (κ2) is 6.43. The van der Waals surface area contributed by atoms with Crippen LogP contribution in [0, 0.1) is 0 Å². The highest BCUT2D eigenvalue weighted by molar-refractivity contribution is 6.30. The average molecular weight is 294 g/mol. The summed E-state index contributed by atoms with van der Waals surface area (Å²) in [6.45, 7) is 2.13. The maximum Gasteiger partial charge on any atom is 0.327 e. The zero-order valence-electron chi connectivity index (χ0n) is 11.2. The largest absolute Gasteiger partial charge is 0.465 e. The third-order valence-electron chi connectivity index (χ3n) is 2.74. The first kappa shape index (κ1) is 14.4. The van der Waals surface area contributed by atoms with Gasteiger partial charge in [-0.15, -0.1) is 0 Å². The van der Waals surface area contributed by atoms with E-state index < -0.39 is 0 Å². The van der Waals surface area contributed by atoms with Crippen molar-refractivity contribution >= 4 is 23.4 Å². The Morgan fingerprint density at radius 1 is 1.40 bits per heavy atom. The Morgan fingerprint density at radius 3 is 2.75 bits per heavy atom. The number of nitrogens with zero attached hydrogens (tertiary/aromatic N) is 2. The minimum Gasteiger partial charge on any atom is -0.465 e. The molecule has 0 aliphatic carbocycles. The van der Waals surface area contributed by atoms with Crippen molar-refractivity contribution in [2.24, 2.45) is 0 Å². The molecule has 2 aromatic rings. The van der Waals surface area contributed by atoms with E-state index in [1.54, 1.807) is 13.0 Å². The Labute approximate surface area is 122 Å². The molecule has 5 nitrogen and oxygen atoms in total. The second-order valence-corrected chi connectivity index (χ2v) is 4.76. The van der Waals surface area contributed by atoms with Crippen molar-refractivity contribution < 1.29 is 9.53 Å². The van der Waals surface area contributed by atoms with Crippen molar-refractivity contribution in [3.8, 4) is 0 Å². The molecule has 2 rings (SSSR count). The molecule has 1 aromatic carbocycles. The molecule has 0 aliphatic rings. The molecular formula is C14H16ClN3O2. The van der Waals surface area contributed by atoms with Crippen LogP contribution in [0.1, 0.15) is 18.2 Å². The molecule has 1 aromatic heterocycles. The number of esters is 1. The molecular weight excluding hydrogens is 278 g/mol. The summed E-state index contributed by atoms with van der Waals surface area (Å²) in [7, 11) is 0. The number of nitrogens with two attached hydrogens (primary N) is 1. The smallest absolute Gasteiger partial charge is 0.327 e. The monoisotopic (exact) mass is 293 g/mol. The summed E-state index contributed by atoms with van der Waals surface area (Å²) in [4.78, 5) is 11.4. The summed E-state index contributed by atoms with van der Waals surface area (Å²) in [5, 5.41) is 5.00. The Bertz CT molecular complexity index is 593. The molecule has 20 heavy (non-hydrogen) atoms. The first-order valence-electron chi connectivity index (χ1n) is 6.30. The van der Waals surface area contributed by atoms with Gasteiger partial charge < -0.3 is 10.5 Å². The zero-order chi connectivity index (χ0) is 14.5. The van der Waals surface area contributed by atoms with Crippen molar-refractivity contribution in [1.29, 1.82) is 0 Å². The van der Waals surface area contributed by atoms with Crippen LogP contribution in [-0.2, 0) is 22.5 Å². The number of carbonyl (C=O) groups excluding carboxylic acids is 1. The highest BCUT2D eigenvalue weighted by atomic mass is 35.5. The summed E-state index contributed by atoms with van der Waals surface area (Å²) in [6, 6.07) is 9.28. The molecule has 6 heteroatoms. The molecule has 1 heterocycles. The molecule has 0 atom stereocenters. The van der Waals surface area contributed by atoms with E-state index in [4.69, 9.17) is 22.1 Å². The Balaban J connectivity index is 2.06. The number of anilines is 1. The molecule has 0 radical (unpaired) electrons. The van der Waals surface area contributed by atoms with Gasteiger partial charge in [0, 0.05) is 17.5 Å². The molecule has 0 fully saturated rings. The van der Waals surface area contributed by atoms with E-state index in [1.165, 1.54) is 4.68 Å². The summed E-state index contributed by atoms with van der Waals surface area (Å²) in [6.07, 6.45) is 0.636. The van der Waals surface area contributed by atoms with Gasteiger partial charge in [0.15, 0.2) is 0 Å². The Kier molecular flexibility index (Phi) is 4.63. The molecule has 0 unspecified atom stereocenters. The number of halogens is 1. The van der Waals surface area contributed by atoms with Crippen molar-refractivity contribution in [2.45, 2.75) is 19.9 Å². The topological polar surface area (TPSA) is 70.1 Å². The van der Waals surface area contributed by atoms with Gasteiger partial charge in [-0.05, 0) is 24.6 Å². The number of benzene rings is 1. The molecule has 0 amide bonds. The van der Waals surface area contributed by atoms with Gasteiger partial charge in [-0.2, -0.15) is 5.10 Å².